The van der Waals surface area contributed by atoms with E-state index < -0.39 is 23.8 Å². The monoisotopic (exact) mass is 421 g/mol. The van der Waals surface area contributed by atoms with Gasteiger partial charge in [-0.25, -0.2) is 4.98 Å². The lowest BCUT2D eigenvalue weighted by Gasteiger charge is -2.34. The lowest BCUT2D eigenvalue weighted by molar-refractivity contribution is -0.137. The summed E-state index contributed by atoms with van der Waals surface area (Å²) in [6.07, 6.45) is -1.64. The second-order valence-electron chi connectivity index (χ2n) is 6.66. The van der Waals surface area contributed by atoms with Crippen molar-refractivity contribution in [3.8, 4) is 0 Å². The molecule has 3 rings (SSSR count). The molecule has 2 aromatic rings. The minimum absolute atomic E-state index is 0. The average Bonchev–Trinajstić information content (AvgIpc) is 3.02. The van der Waals surface area contributed by atoms with Gasteiger partial charge >= 0.3 is 6.18 Å². The number of pyridine rings is 1. The Hall–Kier alpha value is -2.04. The highest BCUT2D eigenvalue weighted by molar-refractivity contribution is 6.08. The number of amides is 1. The SMILES string of the molecule is CO[C@H](C)C(=O)Nc1c[nH]c2ncc(C(F)(F)F)c(N3CCC[C@@H](N)C3)c12.Cl. The standard InChI is InChI=1S/C17H22F3N5O2.ClH/c1-9(27-2)16(26)24-12-7-23-15-13(12)14(11(6-22-15)17(18,19)20)25-5-3-4-10(21)8-25;/h6-7,9-10H,3-5,8,21H2,1-2H3,(H,22,23)(H,24,26);1H/t9-,10-;/m1./s1. The Bertz CT molecular complexity index is 842. The number of alkyl halides is 3. The second-order valence-corrected chi connectivity index (χ2v) is 6.66. The molecule has 3 heterocycles. The van der Waals surface area contributed by atoms with Gasteiger partial charge in [0.15, 0.2) is 0 Å². The Morgan fingerprint density at radius 1 is 1.50 bits per heavy atom. The van der Waals surface area contributed by atoms with Crippen LogP contribution >= 0.6 is 12.4 Å². The highest BCUT2D eigenvalue weighted by atomic mass is 35.5. The van der Waals surface area contributed by atoms with Crippen LogP contribution in [0.4, 0.5) is 24.5 Å². The van der Waals surface area contributed by atoms with Gasteiger partial charge in [-0.15, -0.1) is 12.4 Å². The normalized spacial score (nSPS) is 18.6. The van der Waals surface area contributed by atoms with Crippen LogP contribution in [0.25, 0.3) is 11.0 Å². The maximum atomic E-state index is 13.7. The number of hydrogen-bond donors (Lipinski definition) is 3. The van der Waals surface area contributed by atoms with Gasteiger partial charge < -0.3 is 25.7 Å². The van der Waals surface area contributed by atoms with Crippen molar-refractivity contribution in [2.45, 2.75) is 38.1 Å². The van der Waals surface area contributed by atoms with Crippen molar-refractivity contribution >= 4 is 40.7 Å². The van der Waals surface area contributed by atoms with E-state index in [0.29, 0.717) is 19.5 Å². The van der Waals surface area contributed by atoms with Crippen LogP contribution in [0.3, 0.4) is 0 Å². The second kappa shape index (κ2) is 8.54. The number of hydrogen-bond acceptors (Lipinski definition) is 5. The third kappa shape index (κ3) is 4.34. The Morgan fingerprint density at radius 2 is 2.21 bits per heavy atom. The smallest absolute Gasteiger partial charge is 0.372 e. The zero-order valence-corrected chi connectivity index (χ0v) is 16.3. The molecular formula is C17H23ClF3N5O2. The first kappa shape index (κ1) is 22.3. The molecule has 1 amide bonds. The number of nitrogens with one attached hydrogen (secondary N) is 2. The summed E-state index contributed by atoms with van der Waals surface area (Å²) in [7, 11) is 1.38. The van der Waals surface area contributed by atoms with Crippen LogP contribution in [0.1, 0.15) is 25.3 Å². The number of methoxy groups -OCH3 is 1. The molecule has 2 atom stereocenters. The molecule has 0 radical (unpaired) electrons. The Labute approximate surface area is 166 Å². The number of piperidine rings is 1. The Kier molecular flexibility index (Phi) is 6.79. The fourth-order valence-corrected chi connectivity index (χ4v) is 3.27. The third-order valence-corrected chi connectivity index (χ3v) is 4.73. The van der Waals surface area contributed by atoms with Gasteiger partial charge in [-0.2, -0.15) is 13.2 Å². The Morgan fingerprint density at radius 3 is 2.82 bits per heavy atom. The number of nitrogens with zero attached hydrogens (tertiary/aromatic N) is 2. The number of aromatic nitrogens is 2. The van der Waals surface area contributed by atoms with Gasteiger partial charge in [-0.1, -0.05) is 0 Å². The minimum Gasteiger partial charge on any atom is -0.372 e. The molecule has 0 saturated carbocycles. The molecule has 1 aliphatic rings. The minimum atomic E-state index is -4.59. The van der Waals surface area contributed by atoms with Crippen LogP contribution in [-0.2, 0) is 15.7 Å². The fraction of sp³-hybridized carbons (Fsp3) is 0.529. The molecule has 0 spiro atoms. The lowest BCUT2D eigenvalue weighted by Crippen LogP contribution is -2.43. The molecule has 7 nitrogen and oxygen atoms in total. The molecule has 156 valence electrons. The summed E-state index contributed by atoms with van der Waals surface area (Å²) < 4.78 is 46.1. The van der Waals surface area contributed by atoms with E-state index in [4.69, 9.17) is 10.5 Å². The zero-order valence-electron chi connectivity index (χ0n) is 15.5. The van der Waals surface area contributed by atoms with Crippen LogP contribution < -0.4 is 16.0 Å². The molecular weight excluding hydrogens is 399 g/mol. The van der Waals surface area contributed by atoms with Gasteiger partial charge in [-0.05, 0) is 19.8 Å². The number of fused-ring (bicyclic) bond motifs is 1. The maximum absolute atomic E-state index is 13.7. The number of anilines is 2. The third-order valence-electron chi connectivity index (χ3n) is 4.73. The first-order valence-electron chi connectivity index (χ1n) is 8.63. The lowest BCUT2D eigenvalue weighted by atomic mass is 10.0. The average molecular weight is 422 g/mol. The van der Waals surface area contributed by atoms with Gasteiger partial charge in [0.2, 0.25) is 0 Å². The first-order valence-corrected chi connectivity index (χ1v) is 8.63. The fourth-order valence-electron chi connectivity index (χ4n) is 3.27. The largest absolute Gasteiger partial charge is 0.419 e. The van der Waals surface area contributed by atoms with Gasteiger partial charge in [0, 0.05) is 38.6 Å². The number of carbonyl (C=O) groups is 1. The number of ether oxygens (including phenoxy) is 1. The van der Waals surface area contributed by atoms with Gasteiger partial charge in [0.25, 0.3) is 5.91 Å². The molecule has 2 aromatic heterocycles. The Balaban J connectivity index is 0.00000280. The van der Waals surface area contributed by atoms with Crippen LogP contribution in [-0.4, -0.2) is 48.2 Å². The number of H-pyrrole nitrogens is 1. The summed E-state index contributed by atoms with van der Waals surface area (Å²) in [5.74, 6) is -0.461. The molecule has 0 aliphatic carbocycles. The summed E-state index contributed by atoms with van der Waals surface area (Å²) in [6, 6.07) is -0.214. The molecule has 11 heteroatoms. The number of aromatic amines is 1. The molecule has 1 aliphatic heterocycles. The number of rotatable bonds is 4. The summed E-state index contributed by atoms with van der Waals surface area (Å²) >= 11 is 0. The van der Waals surface area contributed by atoms with Crippen molar-refractivity contribution in [1.29, 1.82) is 0 Å². The van der Waals surface area contributed by atoms with Gasteiger partial charge in [-0.3, -0.25) is 4.79 Å². The molecule has 1 saturated heterocycles. The topological polar surface area (TPSA) is 96.3 Å². The summed E-state index contributed by atoms with van der Waals surface area (Å²) in [5, 5.41) is 2.84. The molecule has 28 heavy (non-hydrogen) atoms. The highest BCUT2D eigenvalue weighted by Gasteiger charge is 2.38. The highest BCUT2D eigenvalue weighted by Crippen LogP contribution is 2.43. The zero-order chi connectivity index (χ0) is 19.8. The van der Waals surface area contributed by atoms with Gasteiger partial charge in [0.05, 0.1) is 22.3 Å². The van der Waals surface area contributed by atoms with E-state index in [1.165, 1.54) is 13.3 Å². The van der Waals surface area contributed by atoms with E-state index in [2.05, 4.69) is 15.3 Å². The molecule has 0 unspecified atom stereocenters. The van der Waals surface area contributed by atoms with Gasteiger partial charge in [0.1, 0.15) is 11.8 Å². The first-order chi connectivity index (χ1) is 12.7. The summed E-state index contributed by atoms with van der Waals surface area (Å²) in [5.41, 5.74) is 5.62. The molecule has 4 N–H and O–H groups in total. The van der Waals surface area contributed by atoms with Crippen molar-refractivity contribution in [3.05, 3.63) is 18.0 Å². The van der Waals surface area contributed by atoms with Crippen molar-refractivity contribution in [2.75, 3.05) is 30.4 Å². The van der Waals surface area contributed by atoms with E-state index >= 15 is 0 Å². The van der Waals surface area contributed by atoms with Crippen LogP contribution in [0.5, 0.6) is 0 Å². The van der Waals surface area contributed by atoms with E-state index in [-0.39, 0.29) is 40.9 Å². The predicted molar refractivity (Wildman–Crippen MR) is 103 cm³/mol. The van der Waals surface area contributed by atoms with E-state index in [1.54, 1.807) is 11.8 Å². The predicted octanol–water partition coefficient (Wildman–Crippen LogP) is 2.90. The van der Waals surface area contributed by atoms with Crippen molar-refractivity contribution in [1.82, 2.24) is 9.97 Å². The number of carbonyl (C=O) groups excluding carboxylic acids is 1. The maximum Gasteiger partial charge on any atom is 0.419 e. The molecule has 0 aromatic carbocycles. The number of halogens is 4. The van der Waals surface area contributed by atoms with E-state index in [9.17, 15) is 18.0 Å². The van der Waals surface area contributed by atoms with Crippen molar-refractivity contribution < 1.29 is 22.7 Å². The van der Waals surface area contributed by atoms with Crippen molar-refractivity contribution in [2.24, 2.45) is 5.73 Å². The quantitative estimate of drug-likeness (QED) is 0.705. The summed E-state index contributed by atoms with van der Waals surface area (Å²) in [4.78, 5) is 20.5. The number of nitrogens with two attached hydrogens (primary N) is 1. The summed E-state index contributed by atoms with van der Waals surface area (Å²) in [6.45, 7) is 2.30. The van der Waals surface area contributed by atoms with Crippen LogP contribution in [0, 0.1) is 0 Å². The van der Waals surface area contributed by atoms with Crippen LogP contribution in [0.15, 0.2) is 12.4 Å². The van der Waals surface area contributed by atoms with Crippen molar-refractivity contribution in [3.63, 3.8) is 0 Å². The van der Waals surface area contributed by atoms with Crippen LogP contribution in [0.2, 0.25) is 0 Å². The van der Waals surface area contributed by atoms with E-state index in [1.807, 2.05) is 0 Å². The molecule has 1 fully saturated rings. The van der Waals surface area contributed by atoms with E-state index in [0.717, 1.165) is 12.6 Å². The molecule has 0 bridgehead atoms.